The van der Waals surface area contributed by atoms with Gasteiger partial charge in [0, 0.05) is 6.42 Å². The normalized spacial score (nSPS) is 12.4. The van der Waals surface area contributed by atoms with Crippen molar-refractivity contribution in [2.24, 2.45) is 0 Å². The van der Waals surface area contributed by atoms with Crippen molar-refractivity contribution < 1.29 is 5.11 Å². The van der Waals surface area contributed by atoms with E-state index in [4.69, 9.17) is 0 Å². The van der Waals surface area contributed by atoms with Crippen molar-refractivity contribution in [3.63, 3.8) is 0 Å². The molecular formula is C17H20O. The van der Waals surface area contributed by atoms with Gasteiger partial charge in [0.1, 0.15) is 0 Å². The maximum atomic E-state index is 10.3. The van der Waals surface area contributed by atoms with Crippen molar-refractivity contribution in [2.45, 2.75) is 33.3 Å². The van der Waals surface area contributed by atoms with Crippen LogP contribution in [0.15, 0.2) is 42.5 Å². The molecule has 1 unspecified atom stereocenters. The highest BCUT2D eigenvalue weighted by molar-refractivity contribution is 5.33. The molecular weight excluding hydrogens is 220 g/mol. The summed E-state index contributed by atoms with van der Waals surface area (Å²) in [5.41, 5.74) is 5.90. The molecule has 0 saturated carbocycles. The van der Waals surface area contributed by atoms with Gasteiger partial charge in [0.2, 0.25) is 0 Å². The van der Waals surface area contributed by atoms with Gasteiger partial charge in [-0.2, -0.15) is 0 Å². The molecule has 1 nitrogen and oxygen atoms in total. The lowest BCUT2D eigenvalue weighted by atomic mass is 9.96. The van der Waals surface area contributed by atoms with Gasteiger partial charge in [-0.25, -0.2) is 0 Å². The van der Waals surface area contributed by atoms with Gasteiger partial charge in [0.25, 0.3) is 0 Å². The predicted octanol–water partition coefficient (Wildman–Crippen LogP) is 3.89. The molecule has 2 aromatic carbocycles. The fourth-order valence-electron chi connectivity index (χ4n) is 2.22. The smallest absolute Gasteiger partial charge is 0.0830 e. The van der Waals surface area contributed by atoms with E-state index in [1.54, 1.807) is 0 Å². The molecule has 1 heteroatoms. The van der Waals surface area contributed by atoms with Crippen molar-refractivity contribution in [1.82, 2.24) is 0 Å². The molecule has 0 bridgehead atoms. The van der Waals surface area contributed by atoms with Crippen LogP contribution < -0.4 is 0 Å². The standard InChI is InChI=1S/C17H20O/c1-12-5-4-6-15(9-12)17(18)11-16-10-13(2)7-8-14(16)3/h4-10,17-18H,11H2,1-3H3. The Morgan fingerprint density at radius 2 is 1.67 bits per heavy atom. The van der Waals surface area contributed by atoms with Crippen LogP contribution in [0.5, 0.6) is 0 Å². The monoisotopic (exact) mass is 240 g/mol. The fraction of sp³-hybridized carbons (Fsp3) is 0.294. The lowest BCUT2D eigenvalue weighted by molar-refractivity contribution is 0.178. The minimum Gasteiger partial charge on any atom is -0.388 e. The summed E-state index contributed by atoms with van der Waals surface area (Å²) in [4.78, 5) is 0. The summed E-state index contributed by atoms with van der Waals surface area (Å²) in [6, 6.07) is 14.5. The van der Waals surface area contributed by atoms with Crippen molar-refractivity contribution in [3.05, 3.63) is 70.3 Å². The van der Waals surface area contributed by atoms with E-state index in [1.807, 2.05) is 25.1 Å². The Morgan fingerprint density at radius 3 is 2.39 bits per heavy atom. The minimum atomic E-state index is -0.426. The van der Waals surface area contributed by atoms with Crippen LogP contribution in [0.25, 0.3) is 0 Å². The Bertz CT molecular complexity index is 543. The molecule has 0 spiro atoms. The number of aliphatic hydroxyl groups is 1. The second-order valence-corrected chi connectivity index (χ2v) is 5.06. The van der Waals surface area contributed by atoms with Gasteiger partial charge in [-0.15, -0.1) is 0 Å². The van der Waals surface area contributed by atoms with E-state index < -0.39 is 6.10 Å². The number of aryl methyl sites for hydroxylation is 3. The third-order valence-corrected chi connectivity index (χ3v) is 3.34. The summed E-state index contributed by atoms with van der Waals surface area (Å²) >= 11 is 0. The molecule has 2 aromatic rings. The van der Waals surface area contributed by atoms with Crippen LogP contribution in [0.1, 0.15) is 33.9 Å². The zero-order valence-electron chi connectivity index (χ0n) is 11.3. The molecule has 0 aromatic heterocycles. The minimum absolute atomic E-state index is 0.426. The summed E-state index contributed by atoms with van der Waals surface area (Å²) in [5, 5.41) is 10.3. The maximum absolute atomic E-state index is 10.3. The molecule has 94 valence electrons. The lowest BCUT2D eigenvalue weighted by Gasteiger charge is -2.14. The van der Waals surface area contributed by atoms with E-state index in [-0.39, 0.29) is 0 Å². The van der Waals surface area contributed by atoms with Gasteiger partial charge in [-0.1, -0.05) is 53.6 Å². The number of hydrogen-bond acceptors (Lipinski definition) is 1. The second-order valence-electron chi connectivity index (χ2n) is 5.06. The molecule has 0 aliphatic rings. The Labute approximate surface area is 109 Å². The summed E-state index contributed by atoms with van der Waals surface area (Å²) < 4.78 is 0. The molecule has 0 fully saturated rings. The third-order valence-electron chi connectivity index (χ3n) is 3.34. The Hall–Kier alpha value is -1.60. The average molecular weight is 240 g/mol. The first-order chi connectivity index (χ1) is 8.56. The number of hydrogen-bond donors (Lipinski definition) is 1. The van der Waals surface area contributed by atoms with Crippen LogP contribution in [0.2, 0.25) is 0 Å². The quantitative estimate of drug-likeness (QED) is 0.863. The Morgan fingerprint density at radius 1 is 0.944 bits per heavy atom. The predicted molar refractivity (Wildman–Crippen MR) is 75.8 cm³/mol. The zero-order chi connectivity index (χ0) is 13.1. The van der Waals surface area contributed by atoms with Gasteiger partial charge in [0.15, 0.2) is 0 Å². The first-order valence-electron chi connectivity index (χ1n) is 6.37. The van der Waals surface area contributed by atoms with Crippen molar-refractivity contribution in [1.29, 1.82) is 0 Å². The van der Waals surface area contributed by atoms with Crippen LogP contribution in [-0.2, 0) is 6.42 Å². The van der Waals surface area contributed by atoms with E-state index in [2.05, 4.69) is 38.1 Å². The van der Waals surface area contributed by atoms with Crippen molar-refractivity contribution in [2.75, 3.05) is 0 Å². The highest BCUT2D eigenvalue weighted by atomic mass is 16.3. The molecule has 0 saturated heterocycles. The van der Waals surface area contributed by atoms with E-state index in [0.29, 0.717) is 6.42 Å². The summed E-state index contributed by atoms with van der Waals surface area (Å²) in [5.74, 6) is 0. The molecule has 18 heavy (non-hydrogen) atoms. The van der Waals surface area contributed by atoms with Gasteiger partial charge in [-0.05, 0) is 37.5 Å². The zero-order valence-corrected chi connectivity index (χ0v) is 11.3. The van der Waals surface area contributed by atoms with Gasteiger partial charge in [0.05, 0.1) is 6.10 Å². The molecule has 1 N–H and O–H groups in total. The Kier molecular flexibility index (Phi) is 3.83. The van der Waals surface area contributed by atoms with Gasteiger partial charge < -0.3 is 5.11 Å². The summed E-state index contributed by atoms with van der Waals surface area (Å²) in [6.45, 7) is 6.23. The van der Waals surface area contributed by atoms with E-state index in [1.165, 1.54) is 22.3 Å². The van der Waals surface area contributed by atoms with Crippen molar-refractivity contribution in [3.8, 4) is 0 Å². The fourth-order valence-corrected chi connectivity index (χ4v) is 2.22. The Balaban J connectivity index is 2.21. The van der Waals surface area contributed by atoms with E-state index in [0.717, 1.165) is 5.56 Å². The van der Waals surface area contributed by atoms with E-state index in [9.17, 15) is 5.11 Å². The highest BCUT2D eigenvalue weighted by Gasteiger charge is 2.10. The topological polar surface area (TPSA) is 20.2 Å². The molecule has 0 aliphatic heterocycles. The maximum Gasteiger partial charge on any atom is 0.0830 e. The molecule has 2 rings (SSSR count). The van der Waals surface area contributed by atoms with Crippen LogP contribution in [0.3, 0.4) is 0 Å². The van der Waals surface area contributed by atoms with E-state index >= 15 is 0 Å². The second kappa shape index (κ2) is 5.36. The van der Waals surface area contributed by atoms with Crippen LogP contribution in [-0.4, -0.2) is 5.11 Å². The summed E-state index contributed by atoms with van der Waals surface area (Å²) in [7, 11) is 0. The van der Waals surface area contributed by atoms with Gasteiger partial charge >= 0.3 is 0 Å². The average Bonchev–Trinajstić information content (AvgIpc) is 2.34. The molecule has 0 radical (unpaired) electrons. The highest BCUT2D eigenvalue weighted by Crippen LogP contribution is 2.21. The largest absolute Gasteiger partial charge is 0.388 e. The molecule has 0 aliphatic carbocycles. The molecule has 1 atom stereocenters. The number of rotatable bonds is 3. The van der Waals surface area contributed by atoms with Gasteiger partial charge in [-0.3, -0.25) is 0 Å². The first kappa shape index (κ1) is 12.8. The van der Waals surface area contributed by atoms with Crippen LogP contribution in [0, 0.1) is 20.8 Å². The SMILES string of the molecule is Cc1cccc(C(O)Cc2cc(C)ccc2C)c1. The third kappa shape index (κ3) is 2.99. The number of aliphatic hydroxyl groups excluding tert-OH is 1. The summed E-state index contributed by atoms with van der Waals surface area (Å²) in [6.07, 6.45) is 0.252. The van der Waals surface area contributed by atoms with Crippen molar-refractivity contribution >= 4 is 0 Å². The van der Waals surface area contributed by atoms with Crippen LogP contribution in [0.4, 0.5) is 0 Å². The first-order valence-corrected chi connectivity index (χ1v) is 6.37. The molecule has 0 heterocycles. The van der Waals surface area contributed by atoms with Crippen LogP contribution >= 0.6 is 0 Å². The number of benzene rings is 2. The molecule has 0 amide bonds. The lowest BCUT2D eigenvalue weighted by Crippen LogP contribution is -2.03.